The number of hydrogen-bond acceptors (Lipinski definition) is 3. The first-order chi connectivity index (χ1) is 10.1. The molecule has 110 valence electrons. The van der Waals surface area contributed by atoms with E-state index in [1.807, 2.05) is 37.3 Å². The Bertz CT molecular complexity index is 631. The second-order valence-corrected chi connectivity index (χ2v) is 5.70. The summed E-state index contributed by atoms with van der Waals surface area (Å²) < 4.78 is 1.68. The van der Waals surface area contributed by atoms with Crippen LogP contribution >= 0.6 is 0 Å². The van der Waals surface area contributed by atoms with Gasteiger partial charge in [-0.25, -0.2) is 9.67 Å². The van der Waals surface area contributed by atoms with Crippen molar-refractivity contribution in [1.82, 2.24) is 20.1 Å². The van der Waals surface area contributed by atoms with Crippen LogP contribution in [0.2, 0.25) is 0 Å². The number of nitrogens with zero attached hydrogens (tertiary/aromatic N) is 3. The number of aryl methyl sites for hydroxylation is 1. The Hall–Kier alpha value is -2.17. The molecule has 1 aliphatic rings. The lowest BCUT2D eigenvalue weighted by molar-refractivity contribution is -0.122. The van der Waals surface area contributed by atoms with E-state index < -0.39 is 0 Å². The number of hydrogen-bond donors (Lipinski definition) is 1. The van der Waals surface area contributed by atoms with Crippen molar-refractivity contribution >= 4 is 5.91 Å². The summed E-state index contributed by atoms with van der Waals surface area (Å²) in [6, 6.07) is 10.1. The second kappa shape index (κ2) is 5.68. The van der Waals surface area contributed by atoms with Crippen LogP contribution in [0.3, 0.4) is 0 Å². The standard InChI is InChI=1S/C16H20N4O/c1-11(13-8-9-13)17-15(21)10-20-16(18-12(2)19-20)14-6-4-3-5-7-14/h3-7,11,13H,8-10H2,1-2H3,(H,17,21)/t11-/m1/s1. The molecule has 1 heterocycles. The quantitative estimate of drug-likeness (QED) is 0.915. The molecule has 0 radical (unpaired) electrons. The third kappa shape index (κ3) is 3.29. The minimum Gasteiger partial charge on any atom is -0.352 e. The van der Waals surface area contributed by atoms with Crippen molar-refractivity contribution in [1.29, 1.82) is 0 Å². The summed E-state index contributed by atoms with van der Waals surface area (Å²) in [5.41, 5.74) is 0.973. The van der Waals surface area contributed by atoms with Gasteiger partial charge in [-0.2, -0.15) is 5.10 Å². The summed E-state index contributed by atoms with van der Waals surface area (Å²) in [4.78, 5) is 16.6. The number of carbonyl (C=O) groups excluding carboxylic acids is 1. The van der Waals surface area contributed by atoms with Crippen molar-refractivity contribution in [3.05, 3.63) is 36.2 Å². The van der Waals surface area contributed by atoms with E-state index in [0.717, 1.165) is 11.4 Å². The summed E-state index contributed by atoms with van der Waals surface area (Å²) in [6.45, 7) is 4.12. The smallest absolute Gasteiger partial charge is 0.242 e. The largest absolute Gasteiger partial charge is 0.352 e. The molecule has 0 spiro atoms. The number of rotatable bonds is 5. The predicted octanol–water partition coefficient (Wildman–Crippen LogP) is 2.17. The number of amides is 1. The van der Waals surface area contributed by atoms with E-state index in [4.69, 9.17) is 0 Å². The molecule has 0 unspecified atom stereocenters. The van der Waals surface area contributed by atoms with Gasteiger partial charge in [0.15, 0.2) is 5.82 Å². The SMILES string of the molecule is Cc1nc(-c2ccccc2)n(CC(=O)N[C@H](C)C2CC2)n1. The van der Waals surface area contributed by atoms with Crippen molar-refractivity contribution in [3.8, 4) is 11.4 Å². The zero-order valence-electron chi connectivity index (χ0n) is 12.4. The van der Waals surface area contributed by atoms with Gasteiger partial charge >= 0.3 is 0 Å². The lowest BCUT2D eigenvalue weighted by Crippen LogP contribution is -2.36. The first kappa shape index (κ1) is 13.8. The molecule has 0 bridgehead atoms. The molecular weight excluding hydrogens is 264 g/mol. The average Bonchev–Trinajstić information content (AvgIpc) is 3.24. The first-order valence-electron chi connectivity index (χ1n) is 7.39. The summed E-state index contributed by atoms with van der Waals surface area (Å²) in [5.74, 6) is 2.07. The number of aromatic nitrogens is 3. The molecule has 0 saturated heterocycles. The van der Waals surface area contributed by atoms with E-state index >= 15 is 0 Å². The monoisotopic (exact) mass is 284 g/mol. The van der Waals surface area contributed by atoms with Gasteiger partial charge in [0, 0.05) is 11.6 Å². The van der Waals surface area contributed by atoms with Crippen LogP contribution in [0.15, 0.2) is 30.3 Å². The van der Waals surface area contributed by atoms with Crippen molar-refractivity contribution in [3.63, 3.8) is 0 Å². The molecule has 1 fully saturated rings. The lowest BCUT2D eigenvalue weighted by atomic mass is 10.2. The van der Waals surface area contributed by atoms with Crippen LogP contribution in [0.5, 0.6) is 0 Å². The van der Waals surface area contributed by atoms with Gasteiger partial charge in [-0.3, -0.25) is 4.79 Å². The lowest BCUT2D eigenvalue weighted by Gasteiger charge is -2.13. The molecule has 1 amide bonds. The van der Waals surface area contributed by atoms with E-state index in [1.165, 1.54) is 12.8 Å². The average molecular weight is 284 g/mol. The highest BCUT2D eigenvalue weighted by molar-refractivity contribution is 5.76. The molecule has 1 aliphatic carbocycles. The second-order valence-electron chi connectivity index (χ2n) is 5.70. The van der Waals surface area contributed by atoms with E-state index in [-0.39, 0.29) is 18.5 Å². The highest BCUT2D eigenvalue weighted by Crippen LogP contribution is 2.32. The van der Waals surface area contributed by atoms with E-state index in [2.05, 4.69) is 22.3 Å². The maximum Gasteiger partial charge on any atom is 0.242 e. The summed E-state index contributed by atoms with van der Waals surface area (Å²) in [7, 11) is 0. The van der Waals surface area contributed by atoms with Gasteiger partial charge in [-0.05, 0) is 32.6 Å². The third-order valence-electron chi connectivity index (χ3n) is 3.82. The van der Waals surface area contributed by atoms with Crippen LogP contribution < -0.4 is 5.32 Å². The Morgan fingerprint density at radius 2 is 2.10 bits per heavy atom. The number of benzene rings is 1. The maximum absolute atomic E-state index is 12.1. The Morgan fingerprint density at radius 1 is 1.38 bits per heavy atom. The normalized spacial score (nSPS) is 15.7. The summed E-state index contributed by atoms with van der Waals surface area (Å²) in [5, 5.41) is 7.39. The van der Waals surface area contributed by atoms with Crippen LogP contribution in [0.25, 0.3) is 11.4 Å². The minimum absolute atomic E-state index is 0.00326. The van der Waals surface area contributed by atoms with Gasteiger partial charge in [-0.15, -0.1) is 0 Å². The van der Waals surface area contributed by atoms with E-state index in [0.29, 0.717) is 11.7 Å². The molecule has 1 N–H and O–H groups in total. The third-order valence-corrected chi connectivity index (χ3v) is 3.82. The van der Waals surface area contributed by atoms with Crippen LogP contribution in [0.1, 0.15) is 25.6 Å². The van der Waals surface area contributed by atoms with Crippen molar-refractivity contribution in [2.24, 2.45) is 5.92 Å². The zero-order valence-corrected chi connectivity index (χ0v) is 12.4. The van der Waals surface area contributed by atoms with Crippen LogP contribution in [-0.2, 0) is 11.3 Å². The highest BCUT2D eigenvalue weighted by Gasteiger charge is 2.29. The molecule has 5 nitrogen and oxygen atoms in total. The molecule has 1 aromatic carbocycles. The molecule has 1 saturated carbocycles. The topological polar surface area (TPSA) is 59.8 Å². The molecule has 2 aromatic rings. The fourth-order valence-corrected chi connectivity index (χ4v) is 2.52. The Morgan fingerprint density at radius 3 is 2.76 bits per heavy atom. The van der Waals surface area contributed by atoms with E-state index in [1.54, 1.807) is 4.68 Å². The highest BCUT2D eigenvalue weighted by atomic mass is 16.2. The molecular formula is C16H20N4O. The first-order valence-corrected chi connectivity index (χ1v) is 7.39. The van der Waals surface area contributed by atoms with Crippen molar-refractivity contribution in [2.45, 2.75) is 39.3 Å². The maximum atomic E-state index is 12.1. The number of nitrogens with one attached hydrogen (secondary N) is 1. The molecule has 1 atom stereocenters. The molecule has 5 heteroatoms. The molecule has 1 aromatic heterocycles. The van der Waals surface area contributed by atoms with Gasteiger partial charge in [0.2, 0.25) is 5.91 Å². The summed E-state index contributed by atoms with van der Waals surface area (Å²) in [6.07, 6.45) is 2.44. The Kier molecular flexibility index (Phi) is 3.73. The van der Waals surface area contributed by atoms with Crippen LogP contribution in [-0.4, -0.2) is 26.7 Å². The number of carbonyl (C=O) groups is 1. The Balaban J connectivity index is 1.74. The summed E-state index contributed by atoms with van der Waals surface area (Å²) >= 11 is 0. The van der Waals surface area contributed by atoms with Crippen LogP contribution in [0.4, 0.5) is 0 Å². The molecule has 0 aliphatic heterocycles. The van der Waals surface area contributed by atoms with Gasteiger partial charge in [-0.1, -0.05) is 30.3 Å². The van der Waals surface area contributed by atoms with Crippen molar-refractivity contribution in [2.75, 3.05) is 0 Å². The molecule has 3 rings (SSSR count). The minimum atomic E-state index is -0.00326. The van der Waals surface area contributed by atoms with Gasteiger partial charge in [0.05, 0.1) is 0 Å². The van der Waals surface area contributed by atoms with E-state index in [9.17, 15) is 4.79 Å². The fraction of sp³-hybridized carbons (Fsp3) is 0.438. The molecule has 21 heavy (non-hydrogen) atoms. The van der Waals surface area contributed by atoms with Gasteiger partial charge in [0.1, 0.15) is 12.4 Å². The van der Waals surface area contributed by atoms with Gasteiger partial charge < -0.3 is 5.32 Å². The van der Waals surface area contributed by atoms with Crippen molar-refractivity contribution < 1.29 is 4.79 Å². The predicted molar refractivity (Wildman–Crippen MR) is 80.5 cm³/mol. The fourth-order valence-electron chi connectivity index (χ4n) is 2.52. The zero-order chi connectivity index (χ0) is 14.8. The Labute approximate surface area is 124 Å². The van der Waals surface area contributed by atoms with Crippen LogP contribution in [0, 0.1) is 12.8 Å². The van der Waals surface area contributed by atoms with Gasteiger partial charge in [0.25, 0.3) is 0 Å².